The second kappa shape index (κ2) is 4.66. The van der Waals surface area contributed by atoms with Crippen LogP contribution in [0.1, 0.15) is 15.9 Å². The van der Waals surface area contributed by atoms with Crippen LogP contribution in [0.5, 0.6) is 0 Å². The normalized spacial score (nSPS) is 10.1. The minimum absolute atomic E-state index is 0.0962. The van der Waals surface area contributed by atoms with Crippen LogP contribution in [0, 0.1) is 5.82 Å². The van der Waals surface area contributed by atoms with Crippen molar-refractivity contribution < 1.29 is 9.18 Å². The smallest absolute Gasteiger partial charge is 0.170 e. The van der Waals surface area contributed by atoms with Crippen LogP contribution in [-0.4, -0.2) is 10.8 Å². The van der Waals surface area contributed by atoms with E-state index in [9.17, 15) is 9.18 Å². The summed E-state index contributed by atoms with van der Waals surface area (Å²) in [5, 5.41) is 0. The van der Waals surface area contributed by atoms with E-state index in [2.05, 4.69) is 4.98 Å². The van der Waals surface area contributed by atoms with Gasteiger partial charge in [-0.3, -0.25) is 9.78 Å². The van der Waals surface area contributed by atoms with Crippen LogP contribution < -0.4 is 0 Å². The molecule has 80 valence electrons. The van der Waals surface area contributed by atoms with E-state index in [0.29, 0.717) is 0 Å². The summed E-state index contributed by atoms with van der Waals surface area (Å²) >= 11 is 0. The second-order valence-electron chi connectivity index (χ2n) is 3.44. The van der Waals surface area contributed by atoms with Crippen LogP contribution >= 0.6 is 0 Å². The van der Waals surface area contributed by atoms with E-state index in [0.717, 1.165) is 11.8 Å². The average molecular weight is 215 g/mol. The highest BCUT2D eigenvalue weighted by atomic mass is 19.1. The van der Waals surface area contributed by atoms with Gasteiger partial charge in [-0.05, 0) is 11.6 Å². The Labute approximate surface area is 92.8 Å². The second-order valence-corrected chi connectivity index (χ2v) is 3.44. The molecule has 0 spiro atoms. The summed E-state index contributed by atoms with van der Waals surface area (Å²) in [6.07, 6.45) is 2.68. The fraction of sp³-hybridized carbons (Fsp3) is 0.0769. The summed E-state index contributed by atoms with van der Waals surface area (Å²) < 4.78 is 13.3. The molecule has 1 aromatic carbocycles. The SMILES string of the molecule is O=C(Cc1ccccc1)c1ccncc1F. The number of aromatic nitrogens is 1. The number of nitrogens with zero attached hydrogens (tertiary/aromatic N) is 1. The third-order valence-corrected chi connectivity index (χ3v) is 2.28. The van der Waals surface area contributed by atoms with Crippen molar-refractivity contribution in [3.8, 4) is 0 Å². The lowest BCUT2D eigenvalue weighted by molar-refractivity contribution is 0.0989. The van der Waals surface area contributed by atoms with Gasteiger partial charge in [-0.25, -0.2) is 4.39 Å². The Morgan fingerprint density at radius 1 is 1.19 bits per heavy atom. The predicted molar refractivity (Wildman–Crippen MR) is 58.7 cm³/mol. The highest BCUT2D eigenvalue weighted by Gasteiger charge is 2.11. The van der Waals surface area contributed by atoms with Crippen molar-refractivity contribution in [2.24, 2.45) is 0 Å². The molecule has 0 radical (unpaired) electrons. The zero-order valence-corrected chi connectivity index (χ0v) is 8.56. The number of rotatable bonds is 3. The van der Waals surface area contributed by atoms with Gasteiger partial charge >= 0.3 is 0 Å². The van der Waals surface area contributed by atoms with Crippen molar-refractivity contribution in [3.63, 3.8) is 0 Å². The van der Waals surface area contributed by atoms with Crippen LogP contribution in [0.3, 0.4) is 0 Å². The van der Waals surface area contributed by atoms with E-state index in [1.165, 1.54) is 12.3 Å². The molecule has 0 N–H and O–H groups in total. The molecule has 16 heavy (non-hydrogen) atoms. The molecule has 0 aliphatic heterocycles. The topological polar surface area (TPSA) is 30.0 Å². The fourth-order valence-electron chi connectivity index (χ4n) is 1.48. The van der Waals surface area contributed by atoms with Crippen molar-refractivity contribution >= 4 is 5.78 Å². The van der Waals surface area contributed by atoms with Gasteiger partial charge in [0.05, 0.1) is 11.8 Å². The first kappa shape index (κ1) is 10.5. The van der Waals surface area contributed by atoms with Crippen molar-refractivity contribution in [2.75, 3.05) is 0 Å². The van der Waals surface area contributed by atoms with Gasteiger partial charge < -0.3 is 0 Å². The number of Topliss-reactive ketones (excluding diaryl/α,β-unsaturated/α-hetero) is 1. The molecule has 2 aromatic rings. The summed E-state index contributed by atoms with van der Waals surface area (Å²) in [5.74, 6) is -0.797. The third kappa shape index (κ3) is 2.31. The quantitative estimate of drug-likeness (QED) is 0.737. The summed E-state index contributed by atoms with van der Waals surface area (Å²) in [7, 11) is 0. The van der Waals surface area contributed by atoms with Gasteiger partial charge in [0.2, 0.25) is 0 Å². The lowest BCUT2D eigenvalue weighted by Gasteiger charge is -2.01. The minimum Gasteiger partial charge on any atom is -0.294 e. The summed E-state index contributed by atoms with van der Waals surface area (Å²) in [4.78, 5) is 15.4. The molecule has 2 rings (SSSR count). The largest absolute Gasteiger partial charge is 0.294 e. The number of carbonyl (C=O) groups excluding carboxylic acids is 1. The molecular weight excluding hydrogens is 205 g/mol. The van der Waals surface area contributed by atoms with Crippen LogP contribution in [0.2, 0.25) is 0 Å². The molecule has 0 unspecified atom stereocenters. The lowest BCUT2D eigenvalue weighted by atomic mass is 10.0. The molecule has 0 saturated carbocycles. The lowest BCUT2D eigenvalue weighted by Crippen LogP contribution is -2.06. The first-order valence-corrected chi connectivity index (χ1v) is 4.94. The number of hydrogen-bond donors (Lipinski definition) is 0. The van der Waals surface area contributed by atoms with E-state index in [1.807, 2.05) is 30.3 Å². The van der Waals surface area contributed by atoms with E-state index < -0.39 is 5.82 Å². The molecule has 0 aliphatic rings. The molecule has 0 amide bonds. The molecule has 1 heterocycles. The molecule has 0 fully saturated rings. The van der Waals surface area contributed by atoms with Crippen molar-refractivity contribution in [2.45, 2.75) is 6.42 Å². The maximum absolute atomic E-state index is 13.3. The van der Waals surface area contributed by atoms with Gasteiger partial charge in [-0.15, -0.1) is 0 Å². The summed E-state index contributed by atoms with van der Waals surface area (Å²) in [6, 6.07) is 10.7. The molecule has 0 bridgehead atoms. The van der Waals surface area contributed by atoms with Gasteiger partial charge in [-0.1, -0.05) is 30.3 Å². The summed E-state index contributed by atoms with van der Waals surface area (Å²) in [6.45, 7) is 0. The standard InChI is InChI=1S/C13H10FNO/c14-12-9-15-7-6-11(12)13(16)8-10-4-2-1-3-5-10/h1-7,9H,8H2. The van der Waals surface area contributed by atoms with E-state index in [1.54, 1.807) is 0 Å². The minimum atomic E-state index is -0.566. The van der Waals surface area contributed by atoms with Gasteiger partial charge in [0, 0.05) is 12.6 Å². The Hall–Kier alpha value is -2.03. The van der Waals surface area contributed by atoms with Crippen LogP contribution in [0.25, 0.3) is 0 Å². The molecular formula is C13H10FNO. The number of hydrogen-bond acceptors (Lipinski definition) is 2. The van der Waals surface area contributed by atoms with Crippen LogP contribution in [0.15, 0.2) is 48.8 Å². The summed E-state index contributed by atoms with van der Waals surface area (Å²) in [5.41, 5.74) is 0.975. The number of ketones is 1. The molecule has 1 aromatic heterocycles. The fourth-order valence-corrected chi connectivity index (χ4v) is 1.48. The number of benzene rings is 1. The highest BCUT2D eigenvalue weighted by Crippen LogP contribution is 2.09. The molecule has 3 heteroatoms. The Balaban J connectivity index is 2.19. The molecule has 0 atom stereocenters. The van der Waals surface area contributed by atoms with E-state index in [4.69, 9.17) is 0 Å². The van der Waals surface area contributed by atoms with Gasteiger partial charge in [0.15, 0.2) is 11.6 Å². The Morgan fingerprint density at radius 3 is 2.62 bits per heavy atom. The average Bonchev–Trinajstić information content (AvgIpc) is 2.31. The maximum atomic E-state index is 13.3. The Morgan fingerprint density at radius 2 is 1.94 bits per heavy atom. The van der Waals surface area contributed by atoms with Gasteiger partial charge in [0.25, 0.3) is 0 Å². The first-order valence-electron chi connectivity index (χ1n) is 4.94. The van der Waals surface area contributed by atoms with Gasteiger partial charge in [0.1, 0.15) is 0 Å². The zero-order valence-electron chi connectivity index (χ0n) is 8.56. The van der Waals surface area contributed by atoms with E-state index >= 15 is 0 Å². The van der Waals surface area contributed by atoms with Crippen molar-refractivity contribution in [1.29, 1.82) is 0 Å². The Bertz CT molecular complexity index is 496. The maximum Gasteiger partial charge on any atom is 0.170 e. The predicted octanol–water partition coefficient (Wildman–Crippen LogP) is 2.65. The number of carbonyl (C=O) groups is 1. The van der Waals surface area contributed by atoms with Crippen molar-refractivity contribution in [3.05, 3.63) is 65.7 Å². The number of halogens is 1. The molecule has 2 nitrogen and oxygen atoms in total. The van der Waals surface area contributed by atoms with Crippen LogP contribution in [-0.2, 0) is 6.42 Å². The van der Waals surface area contributed by atoms with Crippen LogP contribution in [0.4, 0.5) is 4.39 Å². The van der Waals surface area contributed by atoms with Gasteiger partial charge in [-0.2, -0.15) is 0 Å². The molecule has 0 aliphatic carbocycles. The monoisotopic (exact) mass is 215 g/mol. The highest BCUT2D eigenvalue weighted by molar-refractivity contribution is 5.97. The third-order valence-electron chi connectivity index (χ3n) is 2.28. The zero-order chi connectivity index (χ0) is 11.4. The van der Waals surface area contributed by atoms with Crippen molar-refractivity contribution in [1.82, 2.24) is 4.98 Å². The number of pyridine rings is 1. The Kier molecular flexibility index (Phi) is 3.05. The van der Waals surface area contributed by atoms with E-state index in [-0.39, 0.29) is 17.8 Å². The first-order chi connectivity index (χ1) is 7.77. The molecule has 0 saturated heterocycles.